The van der Waals surface area contributed by atoms with Crippen molar-refractivity contribution >= 4 is 5.97 Å². The fourth-order valence-corrected chi connectivity index (χ4v) is 2.24. The molecule has 1 aliphatic rings. The van der Waals surface area contributed by atoms with Crippen LogP contribution in [0.4, 0.5) is 0 Å². The molecule has 0 fully saturated rings. The van der Waals surface area contributed by atoms with E-state index in [-0.39, 0.29) is 18.0 Å². The average molecular weight is 277 g/mol. The molecular weight excluding hydrogens is 254 g/mol. The predicted octanol–water partition coefficient (Wildman–Crippen LogP) is 2.30. The van der Waals surface area contributed by atoms with Crippen LogP contribution in [0.2, 0.25) is 0 Å². The Bertz CT molecular complexity index is 496. The minimum atomic E-state index is -0.594. The van der Waals surface area contributed by atoms with Gasteiger partial charge in [0, 0.05) is 6.42 Å². The number of hydrogen-bond acceptors (Lipinski definition) is 4. The molecule has 0 aromatic heterocycles. The van der Waals surface area contributed by atoms with Gasteiger partial charge < -0.3 is 15.2 Å². The van der Waals surface area contributed by atoms with E-state index in [9.17, 15) is 4.79 Å². The molecule has 2 atom stereocenters. The number of esters is 1. The first kappa shape index (κ1) is 14.9. The Morgan fingerprint density at radius 3 is 2.70 bits per heavy atom. The smallest absolute Gasteiger partial charge is 0.323 e. The molecule has 0 bridgehead atoms. The first-order valence-electron chi connectivity index (χ1n) is 7.04. The molecule has 4 nitrogen and oxygen atoms in total. The van der Waals surface area contributed by atoms with Gasteiger partial charge in [-0.2, -0.15) is 0 Å². The first-order chi connectivity index (χ1) is 9.31. The SMILES string of the molecule is CC(C)[C@H](N)C(=O)OC1Cc2ccccc2OC1(C)C. The monoisotopic (exact) mass is 277 g/mol. The highest BCUT2D eigenvalue weighted by molar-refractivity contribution is 5.76. The van der Waals surface area contributed by atoms with E-state index >= 15 is 0 Å². The molecule has 0 amide bonds. The second-order valence-electron chi connectivity index (χ2n) is 6.21. The highest BCUT2D eigenvalue weighted by atomic mass is 16.6. The molecule has 0 saturated heterocycles. The third kappa shape index (κ3) is 2.96. The van der Waals surface area contributed by atoms with Crippen molar-refractivity contribution in [3.8, 4) is 5.75 Å². The highest BCUT2D eigenvalue weighted by Gasteiger charge is 2.40. The van der Waals surface area contributed by atoms with E-state index < -0.39 is 11.6 Å². The molecule has 1 heterocycles. The van der Waals surface area contributed by atoms with Gasteiger partial charge in [0.05, 0.1) is 0 Å². The number of nitrogens with two attached hydrogens (primary N) is 1. The molecule has 0 spiro atoms. The van der Waals surface area contributed by atoms with Gasteiger partial charge >= 0.3 is 5.97 Å². The Hall–Kier alpha value is -1.55. The zero-order valence-corrected chi connectivity index (χ0v) is 12.6. The van der Waals surface area contributed by atoms with Crippen molar-refractivity contribution in [3.05, 3.63) is 29.8 Å². The molecule has 2 N–H and O–H groups in total. The van der Waals surface area contributed by atoms with Crippen LogP contribution in [0.1, 0.15) is 33.3 Å². The van der Waals surface area contributed by atoms with Crippen molar-refractivity contribution in [2.24, 2.45) is 11.7 Å². The summed E-state index contributed by atoms with van der Waals surface area (Å²) in [6, 6.07) is 7.24. The second-order valence-corrected chi connectivity index (χ2v) is 6.21. The average Bonchev–Trinajstić information content (AvgIpc) is 2.37. The number of hydrogen-bond donors (Lipinski definition) is 1. The lowest BCUT2D eigenvalue weighted by molar-refractivity contribution is -0.163. The van der Waals surface area contributed by atoms with Crippen LogP contribution in [0.3, 0.4) is 0 Å². The number of carbonyl (C=O) groups is 1. The minimum absolute atomic E-state index is 0.0578. The third-order valence-electron chi connectivity index (χ3n) is 3.78. The Kier molecular flexibility index (Phi) is 4.04. The lowest BCUT2D eigenvalue weighted by Gasteiger charge is -2.39. The standard InChI is InChI=1S/C16H23NO3/c1-10(2)14(17)15(18)19-13-9-11-7-5-6-8-12(11)20-16(13,3)4/h5-8,10,13-14H,9,17H2,1-4H3/t13?,14-/m0/s1. The molecule has 4 heteroatoms. The maximum atomic E-state index is 12.0. The fourth-order valence-electron chi connectivity index (χ4n) is 2.24. The molecule has 20 heavy (non-hydrogen) atoms. The van der Waals surface area contributed by atoms with Gasteiger partial charge in [0.1, 0.15) is 23.5 Å². The van der Waals surface area contributed by atoms with E-state index in [2.05, 4.69) is 0 Å². The van der Waals surface area contributed by atoms with Crippen molar-refractivity contribution < 1.29 is 14.3 Å². The van der Waals surface area contributed by atoms with Gasteiger partial charge in [-0.05, 0) is 31.4 Å². The molecule has 1 aromatic carbocycles. The zero-order valence-electron chi connectivity index (χ0n) is 12.6. The van der Waals surface area contributed by atoms with E-state index in [1.54, 1.807) is 0 Å². The Balaban J connectivity index is 2.15. The molecule has 1 unspecified atom stereocenters. The summed E-state index contributed by atoms with van der Waals surface area (Å²) in [5.41, 5.74) is 6.35. The molecular formula is C16H23NO3. The van der Waals surface area contributed by atoms with E-state index in [1.807, 2.05) is 52.0 Å². The summed E-state index contributed by atoms with van der Waals surface area (Å²) in [5, 5.41) is 0. The second kappa shape index (κ2) is 5.44. The molecule has 2 rings (SSSR count). The van der Waals surface area contributed by atoms with Gasteiger partial charge in [-0.1, -0.05) is 32.0 Å². The van der Waals surface area contributed by atoms with Gasteiger partial charge in [0.2, 0.25) is 0 Å². The summed E-state index contributed by atoms with van der Waals surface area (Å²) in [6.07, 6.45) is 0.328. The first-order valence-corrected chi connectivity index (χ1v) is 7.04. The number of rotatable bonds is 3. The van der Waals surface area contributed by atoms with Crippen molar-refractivity contribution in [2.75, 3.05) is 0 Å². The maximum Gasteiger partial charge on any atom is 0.323 e. The van der Waals surface area contributed by atoms with Crippen LogP contribution in [0.25, 0.3) is 0 Å². The van der Waals surface area contributed by atoms with Crippen LogP contribution in [0.15, 0.2) is 24.3 Å². The molecule has 0 aliphatic carbocycles. The van der Waals surface area contributed by atoms with Crippen molar-refractivity contribution in [3.63, 3.8) is 0 Å². The van der Waals surface area contributed by atoms with E-state index in [1.165, 1.54) is 0 Å². The fraction of sp³-hybridized carbons (Fsp3) is 0.562. The van der Waals surface area contributed by atoms with E-state index in [0.29, 0.717) is 6.42 Å². The van der Waals surface area contributed by atoms with E-state index in [4.69, 9.17) is 15.2 Å². The quantitative estimate of drug-likeness (QED) is 0.861. The molecule has 1 aliphatic heterocycles. The summed E-state index contributed by atoms with van der Waals surface area (Å²) in [4.78, 5) is 12.0. The van der Waals surface area contributed by atoms with Crippen molar-refractivity contribution in [1.82, 2.24) is 0 Å². The lowest BCUT2D eigenvalue weighted by Crippen LogP contribution is -2.51. The van der Waals surface area contributed by atoms with Gasteiger partial charge in [0.15, 0.2) is 0 Å². The number of benzene rings is 1. The summed E-state index contributed by atoms with van der Waals surface area (Å²) in [5.74, 6) is 0.557. The summed E-state index contributed by atoms with van der Waals surface area (Å²) < 4.78 is 11.6. The van der Waals surface area contributed by atoms with Crippen LogP contribution < -0.4 is 10.5 Å². The van der Waals surface area contributed by atoms with Crippen molar-refractivity contribution in [2.45, 2.75) is 51.9 Å². The molecule has 1 aromatic rings. The predicted molar refractivity (Wildman–Crippen MR) is 77.5 cm³/mol. The number of ether oxygens (including phenoxy) is 2. The van der Waals surface area contributed by atoms with Gasteiger partial charge in [-0.15, -0.1) is 0 Å². The van der Waals surface area contributed by atoms with Crippen molar-refractivity contribution in [1.29, 1.82) is 0 Å². The highest BCUT2D eigenvalue weighted by Crippen LogP contribution is 2.34. The largest absolute Gasteiger partial charge is 0.484 e. The van der Waals surface area contributed by atoms with Crippen LogP contribution in [0, 0.1) is 5.92 Å². The lowest BCUT2D eigenvalue weighted by atomic mass is 9.91. The summed E-state index contributed by atoms with van der Waals surface area (Å²) in [7, 11) is 0. The van der Waals surface area contributed by atoms with Crippen LogP contribution >= 0.6 is 0 Å². The number of carbonyl (C=O) groups excluding carboxylic acids is 1. The Morgan fingerprint density at radius 2 is 2.05 bits per heavy atom. The zero-order chi connectivity index (χ0) is 14.9. The van der Waals surface area contributed by atoms with Crippen LogP contribution in [-0.2, 0) is 16.0 Å². The summed E-state index contributed by atoms with van der Waals surface area (Å²) >= 11 is 0. The normalized spacial score (nSPS) is 21.8. The molecule has 110 valence electrons. The summed E-state index contributed by atoms with van der Waals surface area (Å²) in [6.45, 7) is 7.68. The topological polar surface area (TPSA) is 61.6 Å². The molecule has 0 saturated carbocycles. The molecule has 0 radical (unpaired) electrons. The number of para-hydroxylation sites is 1. The number of fused-ring (bicyclic) bond motifs is 1. The third-order valence-corrected chi connectivity index (χ3v) is 3.78. The van der Waals surface area contributed by atoms with Crippen LogP contribution in [0.5, 0.6) is 5.75 Å². The van der Waals surface area contributed by atoms with Gasteiger partial charge in [0.25, 0.3) is 0 Å². The van der Waals surface area contributed by atoms with E-state index in [0.717, 1.165) is 11.3 Å². The maximum absolute atomic E-state index is 12.0. The Morgan fingerprint density at radius 1 is 1.40 bits per heavy atom. The van der Waals surface area contributed by atoms with Crippen LogP contribution in [-0.4, -0.2) is 23.7 Å². The van der Waals surface area contributed by atoms with Gasteiger partial charge in [-0.3, -0.25) is 4.79 Å². The minimum Gasteiger partial charge on any atom is -0.484 e. The van der Waals surface area contributed by atoms with Gasteiger partial charge in [-0.25, -0.2) is 0 Å². The Labute approximate surface area is 120 Å².